The molecule has 1 fully saturated rings. The molecule has 1 aromatic rings. The zero-order chi connectivity index (χ0) is 11.7. The quantitative estimate of drug-likeness (QED) is 0.727. The highest BCUT2D eigenvalue weighted by atomic mass is 79.9. The van der Waals surface area contributed by atoms with E-state index < -0.39 is 0 Å². The average Bonchev–Trinajstić information content (AvgIpc) is 2.75. The largest absolute Gasteiger partial charge is 0.377 e. The normalized spacial score (nSPS) is 22.4. The van der Waals surface area contributed by atoms with Crippen LogP contribution in [0.4, 0.5) is 0 Å². The summed E-state index contributed by atoms with van der Waals surface area (Å²) in [6.45, 7) is 5.03. The van der Waals surface area contributed by atoms with E-state index in [0.29, 0.717) is 6.10 Å². The van der Waals surface area contributed by atoms with Gasteiger partial charge in [0.25, 0.3) is 0 Å². The molecule has 1 aliphatic heterocycles. The Kier molecular flexibility index (Phi) is 3.93. The van der Waals surface area contributed by atoms with E-state index in [9.17, 15) is 0 Å². The summed E-state index contributed by atoms with van der Waals surface area (Å²) in [5, 5.41) is 0.841. The number of benzene rings is 1. The molecule has 16 heavy (non-hydrogen) atoms. The van der Waals surface area contributed by atoms with Crippen LogP contribution in [0.15, 0.2) is 12.1 Å². The van der Waals surface area contributed by atoms with Crippen LogP contribution in [0.1, 0.15) is 34.4 Å². The van der Waals surface area contributed by atoms with Crippen molar-refractivity contribution < 1.29 is 4.74 Å². The van der Waals surface area contributed by atoms with Gasteiger partial charge in [0.15, 0.2) is 0 Å². The molecule has 0 N–H and O–H groups in total. The molecule has 3 heteroatoms. The monoisotopic (exact) mass is 302 g/mol. The lowest BCUT2D eigenvalue weighted by molar-refractivity contribution is 0.110. The van der Waals surface area contributed by atoms with E-state index in [1.54, 1.807) is 0 Å². The highest BCUT2D eigenvalue weighted by molar-refractivity contribution is 9.09. The number of halogens is 2. The third-order valence-electron chi connectivity index (χ3n) is 3.14. The maximum Gasteiger partial charge on any atom is 0.0741 e. The fourth-order valence-corrected chi connectivity index (χ4v) is 3.26. The predicted molar refractivity (Wildman–Crippen MR) is 71.6 cm³/mol. The summed E-state index contributed by atoms with van der Waals surface area (Å²) in [5.74, 6) is 0. The maximum atomic E-state index is 6.10. The third kappa shape index (κ3) is 2.44. The fraction of sp³-hybridized carbons (Fsp3) is 0.538. The molecule has 0 bridgehead atoms. The van der Waals surface area contributed by atoms with Crippen molar-refractivity contribution in [1.29, 1.82) is 0 Å². The first-order valence-corrected chi connectivity index (χ1v) is 6.91. The standard InChI is InChI=1S/C13H16BrClO/c1-8-7-11(15)9(2)6-10(8)13(14)12-4-3-5-16-12/h6-7,12-13H,3-5H2,1-2H3. The first-order valence-electron chi connectivity index (χ1n) is 5.62. The fourth-order valence-electron chi connectivity index (χ4n) is 2.13. The Labute approximate surface area is 110 Å². The molecule has 0 aromatic heterocycles. The van der Waals surface area contributed by atoms with Crippen LogP contribution in [0.3, 0.4) is 0 Å². The Balaban J connectivity index is 2.28. The van der Waals surface area contributed by atoms with Gasteiger partial charge in [0.05, 0.1) is 10.9 Å². The van der Waals surface area contributed by atoms with E-state index in [1.807, 2.05) is 13.0 Å². The van der Waals surface area contributed by atoms with Gasteiger partial charge in [0.2, 0.25) is 0 Å². The highest BCUT2D eigenvalue weighted by Crippen LogP contribution is 2.37. The second-order valence-electron chi connectivity index (χ2n) is 4.41. The third-order valence-corrected chi connectivity index (χ3v) is 4.63. The number of ether oxygens (including phenoxy) is 1. The van der Waals surface area contributed by atoms with Crippen molar-refractivity contribution >= 4 is 27.5 Å². The van der Waals surface area contributed by atoms with Crippen LogP contribution in [0.25, 0.3) is 0 Å². The molecule has 1 aliphatic rings. The van der Waals surface area contributed by atoms with Gasteiger partial charge in [-0.15, -0.1) is 0 Å². The van der Waals surface area contributed by atoms with E-state index in [2.05, 4.69) is 28.9 Å². The van der Waals surface area contributed by atoms with Crippen molar-refractivity contribution in [3.8, 4) is 0 Å². The van der Waals surface area contributed by atoms with Gasteiger partial charge in [-0.25, -0.2) is 0 Å². The van der Waals surface area contributed by atoms with Gasteiger partial charge < -0.3 is 4.74 Å². The topological polar surface area (TPSA) is 9.23 Å². The molecule has 88 valence electrons. The zero-order valence-electron chi connectivity index (χ0n) is 9.59. The lowest BCUT2D eigenvalue weighted by Gasteiger charge is -2.20. The molecule has 0 radical (unpaired) electrons. The van der Waals surface area contributed by atoms with E-state index in [-0.39, 0.29) is 4.83 Å². The van der Waals surface area contributed by atoms with Crippen LogP contribution in [0.2, 0.25) is 5.02 Å². The maximum absolute atomic E-state index is 6.10. The number of aryl methyl sites for hydroxylation is 2. The van der Waals surface area contributed by atoms with Crippen molar-refractivity contribution in [2.75, 3.05) is 6.61 Å². The Morgan fingerprint density at radius 3 is 2.75 bits per heavy atom. The van der Waals surface area contributed by atoms with Gasteiger partial charge in [-0.1, -0.05) is 33.6 Å². The van der Waals surface area contributed by atoms with E-state index in [0.717, 1.165) is 23.6 Å². The van der Waals surface area contributed by atoms with Crippen molar-refractivity contribution in [3.63, 3.8) is 0 Å². The average molecular weight is 304 g/mol. The summed E-state index contributed by atoms with van der Waals surface area (Å²) in [7, 11) is 0. The van der Waals surface area contributed by atoms with Gasteiger partial charge in [0.1, 0.15) is 0 Å². The molecule has 2 unspecified atom stereocenters. The first kappa shape index (κ1) is 12.4. The molecule has 0 saturated carbocycles. The number of alkyl halides is 1. The summed E-state index contributed by atoms with van der Waals surface area (Å²) in [6.07, 6.45) is 2.61. The van der Waals surface area contributed by atoms with Gasteiger partial charge in [-0.05, 0) is 49.4 Å². The Morgan fingerprint density at radius 2 is 2.12 bits per heavy atom. The van der Waals surface area contributed by atoms with Gasteiger partial charge in [0, 0.05) is 11.6 Å². The van der Waals surface area contributed by atoms with E-state index in [4.69, 9.17) is 16.3 Å². The van der Waals surface area contributed by atoms with Crippen molar-refractivity contribution in [2.24, 2.45) is 0 Å². The molecule has 1 aromatic carbocycles. The molecule has 1 heterocycles. The molecule has 0 amide bonds. The van der Waals surface area contributed by atoms with Crippen LogP contribution in [0.5, 0.6) is 0 Å². The second-order valence-corrected chi connectivity index (χ2v) is 5.80. The predicted octanol–water partition coefficient (Wildman–Crippen LogP) is 4.57. The van der Waals surface area contributed by atoms with Crippen molar-refractivity contribution in [2.45, 2.75) is 37.6 Å². The van der Waals surface area contributed by atoms with Gasteiger partial charge >= 0.3 is 0 Å². The number of rotatable bonds is 2. The zero-order valence-corrected chi connectivity index (χ0v) is 11.9. The summed E-state index contributed by atoms with van der Waals surface area (Å²) >= 11 is 9.86. The lowest BCUT2D eigenvalue weighted by atomic mass is 9.99. The summed E-state index contributed by atoms with van der Waals surface area (Å²) in [5.41, 5.74) is 3.66. The van der Waals surface area contributed by atoms with Gasteiger partial charge in [-0.3, -0.25) is 0 Å². The molecule has 0 spiro atoms. The number of hydrogen-bond acceptors (Lipinski definition) is 1. The Hall–Kier alpha value is -0.0500. The Bertz CT molecular complexity index is 386. The minimum atomic E-state index is 0.283. The first-order chi connectivity index (χ1) is 7.59. The second kappa shape index (κ2) is 5.07. The molecule has 0 aliphatic carbocycles. The molecular weight excluding hydrogens is 287 g/mol. The molecule has 2 atom stereocenters. The molecule has 1 nitrogen and oxygen atoms in total. The summed E-state index contributed by atoms with van der Waals surface area (Å²) < 4.78 is 5.71. The minimum Gasteiger partial charge on any atom is -0.377 e. The summed E-state index contributed by atoms with van der Waals surface area (Å²) in [4.78, 5) is 0.283. The minimum absolute atomic E-state index is 0.283. The number of hydrogen-bond donors (Lipinski definition) is 0. The molecular formula is C13H16BrClO. The smallest absolute Gasteiger partial charge is 0.0741 e. The molecule has 1 saturated heterocycles. The van der Waals surface area contributed by atoms with Crippen LogP contribution >= 0.6 is 27.5 Å². The van der Waals surface area contributed by atoms with E-state index in [1.165, 1.54) is 17.5 Å². The van der Waals surface area contributed by atoms with Crippen LogP contribution in [-0.2, 0) is 4.74 Å². The highest BCUT2D eigenvalue weighted by Gasteiger charge is 2.26. The Morgan fingerprint density at radius 1 is 1.38 bits per heavy atom. The van der Waals surface area contributed by atoms with E-state index >= 15 is 0 Å². The molecule has 2 rings (SSSR count). The summed E-state index contributed by atoms with van der Waals surface area (Å²) in [6, 6.07) is 4.20. The SMILES string of the molecule is Cc1cc(C(Br)C2CCCO2)c(C)cc1Cl. The van der Waals surface area contributed by atoms with Crippen molar-refractivity contribution in [1.82, 2.24) is 0 Å². The van der Waals surface area contributed by atoms with Crippen LogP contribution < -0.4 is 0 Å². The van der Waals surface area contributed by atoms with Crippen LogP contribution in [-0.4, -0.2) is 12.7 Å². The van der Waals surface area contributed by atoms with Crippen LogP contribution in [0, 0.1) is 13.8 Å². The lowest BCUT2D eigenvalue weighted by Crippen LogP contribution is -2.13. The van der Waals surface area contributed by atoms with Gasteiger partial charge in [-0.2, -0.15) is 0 Å². The van der Waals surface area contributed by atoms with Crippen molar-refractivity contribution in [3.05, 3.63) is 33.8 Å².